The Morgan fingerprint density at radius 1 is 1.05 bits per heavy atom. The van der Waals surface area contributed by atoms with Crippen LogP contribution in [0.25, 0.3) is 0 Å². The van der Waals surface area contributed by atoms with Crippen molar-refractivity contribution in [2.24, 2.45) is 0 Å². The van der Waals surface area contributed by atoms with Crippen LogP contribution in [0.15, 0.2) is 23.1 Å². The van der Waals surface area contributed by atoms with Crippen LogP contribution in [-0.4, -0.2) is 50.3 Å². The van der Waals surface area contributed by atoms with Crippen LogP contribution < -0.4 is 0 Å². The molecule has 0 unspecified atom stereocenters. The van der Waals surface area contributed by atoms with Gasteiger partial charge in [-0.05, 0) is 31.2 Å². The number of sulfonamides is 1. The van der Waals surface area contributed by atoms with E-state index in [0.717, 1.165) is 37.6 Å². The molecule has 0 amide bonds. The van der Waals surface area contributed by atoms with Crippen LogP contribution in [0.1, 0.15) is 26.2 Å². The average molecular weight is 332 g/mol. The van der Waals surface area contributed by atoms with Gasteiger partial charge in [0.25, 0.3) is 0 Å². The summed E-state index contributed by atoms with van der Waals surface area (Å²) in [5.41, 5.74) is 0. The van der Waals surface area contributed by atoms with Gasteiger partial charge in [0.2, 0.25) is 10.0 Å². The molecule has 1 saturated heterocycles. The summed E-state index contributed by atoms with van der Waals surface area (Å²) in [6, 6.07) is 2.71. The van der Waals surface area contributed by atoms with E-state index >= 15 is 0 Å². The molecule has 0 spiro atoms. The SMILES string of the molecule is CCCCCN1CCN(S(=O)(=O)c2ccc(F)c(F)c2)CC1. The lowest BCUT2D eigenvalue weighted by atomic mass is 10.2. The normalized spacial score (nSPS) is 17.8. The Hall–Kier alpha value is -1.05. The van der Waals surface area contributed by atoms with Crippen LogP contribution in [0.4, 0.5) is 8.78 Å². The minimum atomic E-state index is -3.75. The van der Waals surface area contributed by atoms with Gasteiger partial charge in [0.15, 0.2) is 11.6 Å². The Balaban J connectivity index is 1.98. The third-order valence-electron chi connectivity index (χ3n) is 3.94. The highest BCUT2D eigenvalue weighted by atomic mass is 32.2. The second-order valence-electron chi connectivity index (χ2n) is 5.53. The number of rotatable bonds is 6. The molecule has 0 atom stereocenters. The average Bonchev–Trinajstić information content (AvgIpc) is 2.51. The summed E-state index contributed by atoms with van der Waals surface area (Å²) >= 11 is 0. The molecule has 22 heavy (non-hydrogen) atoms. The van der Waals surface area contributed by atoms with Crippen molar-refractivity contribution < 1.29 is 17.2 Å². The fourth-order valence-electron chi connectivity index (χ4n) is 2.57. The predicted molar refractivity (Wildman–Crippen MR) is 81.1 cm³/mol. The molecular weight excluding hydrogens is 310 g/mol. The fraction of sp³-hybridized carbons (Fsp3) is 0.600. The van der Waals surface area contributed by atoms with Crippen molar-refractivity contribution in [2.75, 3.05) is 32.7 Å². The molecule has 2 rings (SSSR count). The number of benzene rings is 1. The Kier molecular flexibility index (Phi) is 5.88. The molecule has 0 saturated carbocycles. The minimum Gasteiger partial charge on any atom is -0.301 e. The number of halogens is 2. The lowest BCUT2D eigenvalue weighted by molar-refractivity contribution is 0.185. The molecule has 7 heteroatoms. The van der Waals surface area contributed by atoms with Crippen LogP contribution in [0.2, 0.25) is 0 Å². The molecule has 1 aliphatic rings. The van der Waals surface area contributed by atoms with Crippen molar-refractivity contribution in [3.63, 3.8) is 0 Å². The van der Waals surface area contributed by atoms with Crippen molar-refractivity contribution in [2.45, 2.75) is 31.1 Å². The summed E-state index contributed by atoms with van der Waals surface area (Å²) in [7, 11) is -3.75. The van der Waals surface area contributed by atoms with Gasteiger partial charge in [0.05, 0.1) is 4.90 Å². The summed E-state index contributed by atoms with van der Waals surface area (Å²) in [6.07, 6.45) is 3.45. The molecule has 0 bridgehead atoms. The van der Waals surface area contributed by atoms with Crippen LogP contribution in [0, 0.1) is 11.6 Å². The van der Waals surface area contributed by atoms with E-state index in [9.17, 15) is 17.2 Å². The standard InChI is InChI=1S/C15H22F2N2O2S/c1-2-3-4-7-18-8-10-19(11-9-18)22(20,21)13-5-6-14(16)15(17)12-13/h5-6,12H,2-4,7-11H2,1H3. The Bertz CT molecular complexity index is 600. The van der Waals surface area contributed by atoms with Gasteiger partial charge >= 0.3 is 0 Å². The molecule has 1 aliphatic heterocycles. The smallest absolute Gasteiger partial charge is 0.243 e. The zero-order chi connectivity index (χ0) is 16.2. The van der Waals surface area contributed by atoms with Crippen LogP contribution >= 0.6 is 0 Å². The van der Waals surface area contributed by atoms with Gasteiger partial charge in [-0.1, -0.05) is 19.8 Å². The second-order valence-corrected chi connectivity index (χ2v) is 7.47. The van der Waals surface area contributed by atoms with Crippen molar-refractivity contribution in [3.05, 3.63) is 29.8 Å². The monoisotopic (exact) mass is 332 g/mol. The highest BCUT2D eigenvalue weighted by Gasteiger charge is 2.28. The molecule has 4 nitrogen and oxygen atoms in total. The van der Waals surface area contributed by atoms with E-state index in [4.69, 9.17) is 0 Å². The summed E-state index contributed by atoms with van der Waals surface area (Å²) < 4.78 is 52.4. The molecular formula is C15H22F2N2O2S. The van der Waals surface area contributed by atoms with E-state index in [1.165, 1.54) is 10.7 Å². The van der Waals surface area contributed by atoms with Gasteiger partial charge in [-0.3, -0.25) is 0 Å². The molecule has 1 fully saturated rings. The van der Waals surface area contributed by atoms with Gasteiger partial charge in [-0.25, -0.2) is 17.2 Å². The summed E-state index contributed by atoms with van der Waals surface area (Å²) in [6.45, 7) is 5.24. The lowest BCUT2D eigenvalue weighted by Crippen LogP contribution is -2.48. The van der Waals surface area contributed by atoms with Crippen LogP contribution in [0.3, 0.4) is 0 Å². The van der Waals surface area contributed by atoms with Gasteiger partial charge < -0.3 is 4.90 Å². The van der Waals surface area contributed by atoms with Gasteiger partial charge in [0.1, 0.15) is 0 Å². The van der Waals surface area contributed by atoms with Gasteiger partial charge in [-0.15, -0.1) is 0 Å². The Morgan fingerprint density at radius 2 is 1.73 bits per heavy atom. The van der Waals surface area contributed by atoms with Crippen LogP contribution in [0.5, 0.6) is 0 Å². The molecule has 0 radical (unpaired) electrons. The van der Waals surface area contributed by atoms with Crippen molar-refractivity contribution in [3.8, 4) is 0 Å². The van der Waals surface area contributed by atoms with E-state index in [2.05, 4.69) is 11.8 Å². The molecule has 1 aromatic carbocycles. The summed E-state index contributed by atoms with van der Waals surface area (Å²) in [5.74, 6) is -2.18. The first kappa shape index (κ1) is 17.3. The number of hydrogen-bond donors (Lipinski definition) is 0. The first-order valence-electron chi connectivity index (χ1n) is 7.62. The largest absolute Gasteiger partial charge is 0.301 e. The van der Waals surface area contributed by atoms with Gasteiger partial charge in [0, 0.05) is 26.2 Å². The summed E-state index contributed by atoms with van der Waals surface area (Å²) in [4.78, 5) is 2.05. The minimum absolute atomic E-state index is 0.189. The van der Waals surface area contributed by atoms with E-state index < -0.39 is 21.7 Å². The van der Waals surface area contributed by atoms with E-state index in [1.807, 2.05) is 0 Å². The number of nitrogens with zero attached hydrogens (tertiary/aromatic N) is 2. The number of piperazine rings is 1. The third-order valence-corrected chi connectivity index (χ3v) is 5.83. The summed E-state index contributed by atoms with van der Waals surface area (Å²) in [5, 5.41) is 0. The predicted octanol–water partition coefficient (Wildman–Crippen LogP) is 2.46. The molecule has 0 aromatic heterocycles. The highest BCUT2D eigenvalue weighted by molar-refractivity contribution is 7.89. The quantitative estimate of drug-likeness (QED) is 0.752. The van der Waals surface area contributed by atoms with Gasteiger partial charge in [-0.2, -0.15) is 4.31 Å². The van der Waals surface area contributed by atoms with Crippen molar-refractivity contribution in [1.82, 2.24) is 9.21 Å². The second kappa shape index (κ2) is 7.48. The molecule has 1 aromatic rings. The zero-order valence-corrected chi connectivity index (χ0v) is 13.6. The maximum atomic E-state index is 13.2. The Morgan fingerprint density at radius 3 is 2.32 bits per heavy atom. The lowest BCUT2D eigenvalue weighted by Gasteiger charge is -2.34. The molecule has 124 valence electrons. The fourth-order valence-corrected chi connectivity index (χ4v) is 4.00. The first-order valence-corrected chi connectivity index (χ1v) is 9.06. The topological polar surface area (TPSA) is 40.6 Å². The third kappa shape index (κ3) is 4.02. The van der Waals surface area contributed by atoms with E-state index in [-0.39, 0.29) is 4.90 Å². The zero-order valence-electron chi connectivity index (χ0n) is 12.8. The van der Waals surface area contributed by atoms with E-state index in [0.29, 0.717) is 26.2 Å². The number of unbranched alkanes of at least 4 members (excludes halogenated alkanes) is 2. The van der Waals surface area contributed by atoms with Crippen LogP contribution in [-0.2, 0) is 10.0 Å². The van der Waals surface area contributed by atoms with Crippen molar-refractivity contribution >= 4 is 10.0 Å². The molecule has 1 heterocycles. The maximum absolute atomic E-state index is 13.2. The maximum Gasteiger partial charge on any atom is 0.243 e. The highest BCUT2D eigenvalue weighted by Crippen LogP contribution is 2.20. The Labute approximate surface area is 130 Å². The molecule has 0 N–H and O–H groups in total. The number of hydrogen-bond acceptors (Lipinski definition) is 3. The van der Waals surface area contributed by atoms with Crippen molar-refractivity contribution in [1.29, 1.82) is 0 Å². The first-order chi connectivity index (χ1) is 10.4. The molecule has 0 aliphatic carbocycles. The van der Waals surface area contributed by atoms with E-state index in [1.54, 1.807) is 0 Å².